The van der Waals surface area contributed by atoms with Crippen LogP contribution in [-0.2, 0) is 6.54 Å². The first-order valence-electron chi connectivity index (χ1n) is 14.1. The largest absolute Gasteiger partial charge is 0.494 e. The lowest BCUT2D eigenvalue weighted by atomic mass is 10.1. The van der Waals surface area contributed by atoms with Gasteiger partial charge in [0, 0.05) is 42.6 Å². The lowest BCUT2D eigenvalue weighted by Crippen LogP contribution is -2.25. The molecule has 2 fully saturated rings. The average Bonchev–Trinajstić information content (AvgIpc) is 3.41. The second-order valence-electron chi connectivity index (χ2n) is 11.2. The van der Waals surface area contributed by atoms with Gasteiger partial charge in [-0.2, -0.15) is 0 Å². The number of nitrogens with zero attached hydrogens (tertiary/aromatic N) is 4. The van der Waals surface area contributed by atoms with Gasteiger partial charge in [0.15, 0.2) is 0 Å². The van der Waals surface area contributed by atoms with Crippen molar-refractivity contribution in [1.29, 1.82) is 0 Å². The summed E-state index contributed by atoms with van der Waals surface area (Å²) in [6, 6.07) is 14.6. The molecular formula is C31H39N5O2. The second-order valence-corrected chi connectivity index (χ2v) is 11.2. The molecule has 6 bridgehead atoms. The number of fused-ring (bicyclic) bond motifs is 8. The number of hydrogen-bond acceptors (Lipinski definition) is 7. The van der Waals surface area contributed by atoms with Crippen molar-refractivity contribution in [3.8, 4) is 22.8 Å². The number of aromatic nitrogens is 2. The topological polar surface area (TPSA) is 62.8 Å². The smallest absolute Gasteiger partial charge is 0.227 e. The third-order valence-electron chi connectivity index (χ3n) is 8.07. The van der Waals surface area contributed by atoms with E-state index in [0.717, 1.165) is 85.1 Å². The third-order valence-corrected chi connectivity index (χ3v) is 8.07. The summed E-state index contributed by atoms with van der Waals surface area (Å²) < 4.78 is 12.5. The SMILES string of the molecule is Cc1cnc2nc1-c1cccc(c1)OCCC1CC1CN(C)Cc1cc(ccc1OCCN1CCCC1)N2. The molecule has 3 aromatic rings. The Balaban J connectivity index is 1.27. The van der Waals surface area contributed by atoms with Crippen LogP contribution in [-0.4, -0.2) is 66.2 Å². The van der Waals surface area contributed by atoms with Crippen LogP contribution in [0.4, 0.5) is 11.6 Å². The van der Waals surface area contributed by atoms with Gasteiger partial charge in [0.05, 0.1) is 12.3 Å². The predicted molar refractivity (Wildman–Crippen MR) is 151 cm³/mol. The van der Waals surface area contributed by atoms with Crippen LogP contribution in [0.3, 0.4) is 0 Å². The highest BCUT2D eigenvalue weighted by atomic mass is 16.5. The summed E-state index contributed by atoms with van der Waals surface area (Å²) in [5.41, 5.74) is 5.16. The molecule has 7 heteroatoms. The maximum atomic E-state index is 6.34. The third kappa shape index (κ3) is 6.11. The highest BCUT2D eigenvalue weighted by Gasteiger charge is 2.37. The Morgan fingerprint density at radius 2 is 2.00 bits per heavy atom. The fourth-order valence-corrected chi connectivity index (χ4v) is 5.84. The average molecular weight is 514 g/mol. The van der Waals surface area contributed by atoms with Crippen molar-refractivity contribution in [2.45, 2.75) is 39.2 Å². The molecule has 6 rings (SSSR count). The molecule has 2 aromatic carbocycles. The quantitative estimate of drug-likeness (QED) is 0.493. The first-order valence-corrected chi connectivity index (χ1v) is 14.1. The van der Waals surface area contributed by atoms with Crippen molar-refractivity contribution < 1.29 is 9.47 Å². The molecule has 1 saturated heterocycles. The molecule has 0 spiro atoms. The molecule has 7 nitrogen and oxygen atoms in total. The zero-order valence-corrected chi connectivity index (χ0v) is 22.7. The van der Waals surface area contributed by atoms with Crippen LogP contribution >= 0.6 is 0 Å². The molecule has 0 radical (unpaired) electrons. The van der Waals surface area contributed by atoms with Gasteiger partial charge in [-0.05, 0) is 100 Å². The van der Waals surface area contributed by atoms with Gasteiger partial charge in [-0.3, -0.25) is 4.90 Å². The summed E-state index contributed by atoms with van der Waals surface area (Å²) >= 11 is 0. The fraction of sp³-hybridized carbons (Fsp3) is 0.484. The summed E-state index contributed by atoms with van der Waals surface area (Å²) in [7, 11) is 2.22. The zero-order chi connectivity index (χ0) is 25.9. The molecule has 1 aromatic heterocycles. The second kappa shape index (κ2) is 11.3. The molecule has 2 unspecified atom stereocenters. The molecule has 1 aliphatic carbocycles. The Bertz CT molecular complexity index is 1260. The molecule has 2 aliphatic heterocycles. The van der Waals surface area contributed by atoms with Crippen LogP contribution in [0.1, 0.15) is 36.8 Å². The molecule has 3 aliphatic rings. The normalized spacial score (nSPS) is 21.9. The van der Waals surface area contributed by atoms with Crippen molar-refractivity contribution in [2.75, 3.05) is 51.8 Å². The summed E-state index contributed by atoms with van der Waals surface area (Å²) in [6.07, 6.45) is 6.88. The highest BCUT2D eigenvalue weighted by Crippen LogP contribution is 2.42. The standard InChI is InChI=1S/C31H39N5O2/c1-22-19-32-31-33-27-8-9-29(38-15-13-36-11-3-4-12-36)26(17-27)21-35(2)20-25-16-23(25)10-14-37-28-7-5-6-24(18-28)30(22)34-31/h5-9,17-19,23,25H,3-4,10-16,20-21H2,1-2H3,(H,32,33,34). The van der Waals surface area contributed by atoms with Crippen LogP contribution in [0.25, 0.3) is 11.3 Å². The number of nitrogens with one attached hydrogen (secondary N) is 1. The number of anilines is 2. The Hall–Kier alpha value is -3.16. The highest BCUT2D eigenvalue weighted by molar-refractivity contribution is 5.67. The van der Waals surface area contributed by atoms with Crippen LogP contribution in [0.2, 0.25) is 0 Å². The van der Waals surface area contributed by atoms with Gasteiger partial charge < -0.3 is 19.7 Å². The zero-order valence-electron chi connectivity index (χ0n) is 22.7. The van der Waals surface area contributed by atoms with E-state index in [1.165, 1.54) is 37.9 Å². The van der Waals surface area contributed by atoms with E-state index in [1.54, 1.807) is 0 Å². The van der Waals surface area contributed by atoms with Gasteiger partial charge in [-0.15, -0.1) is 0 Å². The van der Waals surface area contributed by atoms with Crippen LogP contribution in [0.15, 0.2) is 48.7 Å². The van der Waals surface area contributed by atoms with E-state index in [9.17, 15) is 0 Å². The van der Waals surface area contributed by atoms with Gasteiger partial charge in [-0.1, -0.05) is 12.1 Å². The molecular weight excluding hydrogens is 474 g/mol. The van der Waals surface area contributed by atoms with Crippen molar-refractivity contribution in [2.24, 2.45) is 11.8 Å². The number of ether oxygens (including phenoxy) is 2. The van der Waals surface area contributed by atoms with Gasteiger partial charge in [0.2, 0.25) is 5.95 Å². The number of likely N-dealkylation sites (tertiary alicyclic amines) is 1. The Morgan fingerprint density at radius 1 is 1.11 bits per heavy atom. The van der Waals surface area contributed by atoms with Crippen molar-refractivity contribution in [3.63, 3.8) is 0 Å². The number of benzene rings is 2. The van der Waals surface area contributed by atoms with E-state index in [4.69, 9.17) is 14.5 Å². The fourth-order valence-electron chi connectivity index (χ4n) is 5.84. The van der Waals surface area contributed by atoms with Gasteiger partial charge in [-0.25, -0.2) is 9.97 Å². The number of aryl methyl sites for hydroxylation is 1. The number of hydrogen-bond donors (Lipinski definition) is 1. The molecule has 200 valence electrons. The van der Waals surface area contributed by atoms with Crippen molar-refractivity contribution in [1.82, 2.24) is 19.8 Å². The summed E-state index contributed by atoms with van der Waals surface area (Å²) in [4.78, 5) is 14.4. The molecule has 0 amide bonds. The van der Waals surface area contributed by atoms with E-state index in [1.807, 2.05) is 25.3 Å². The Kier molecular flexibility index (Phi) is 7.47. The van der Waals surface area contributed by atoms with Gasteiger partial charge in [0.25, 0.3) is 0 Å². The lowest BCUT2D eigenvalue weighted by Gasteiger charge is -2.21. The molecule has 1 saturated carbocycles. The van der Waals surface area contributed by atoms with Gasteiger partial charge >= 0.3 is 0 Å². The van der Waals surface area contributed by atoms with Crippen LogP contribution in [0, 0.1) is 18.8 Å². The van der Waals surface area contributed by atoms with Crippen LogP contribution < -0.4 is 14.8 Å². The summed E-state index contributed by atoms with van der Waals surface area (Å²) in [5, 5.41) is 3.45. The Labute approximate surface area is 226 Å². The first-order chi connectivity index (χ1) is 18.6. The molecule has 38 heavy (non-hydrogen) atoms. The maximum Gasteiger partial charge on any atom is 0.227 e. The predicted octanol–water partition coefficient (Wildman–Crippen LogP) is 5.52. The first kappa shape index (κ1) is 25.1. The lowest BCUT2D eigenvalue weighted by molar-refractivity contribution is 0.232. The van der Waals surface area contributed by atoms with E-state index < -0.39 is 0 Å². The monoisotopic (exact) mass is 513 g/mol. The van der Waals surface area contributed by atoms with E-state index in [2.05, 4.69) is 57.5 Å². The van der Waals surface area contributed by atoms with Crippen molar-refractivity contribution in [3.05, 3.63) is 59.8 Å². The van der Waals surface area contributed by atoms with Gasteiger partial charge in [0.1, 0.15) is 18.1 Å². The Morgan fingerprint density at radius 3 is 2.89 bits per heavy atom. The van der Waals surface area contributed by atoms with Crippen molar-refractivity contribution >= 4 is 11.6 Å². The maximum absolute atomic E-state index is 6.34. The number of rotatable bonds is 4. The minimum absolute atomic E-state index is 0.584. The summed E-state index contributed by atoms with van der Waals surface area (Å²) in [5.74, 6) is 3.94. The van der Waals surface area contributed by atoms with E-state index in [-0.39, 0.29) is 0 Å². The minimum Gasteiger partial charge on any atom is -0.494 e. The molecule has 3 heterocycles. The molecule has 2 atom stereocenters. The molecule has 1 N–H and O–H groups in total. The van der Waals surface area contributed by atoms with Crippen LogP contribution in [0.5, 0.6) is 11.5 Å². The summed E-state index contributed by atoms with van der Waals surface area (Å²) in [6.45, 7) is 8.83. The van der Waals surface area contributed by atoms with E-state index in [0.29, 0.717) is 5.95 Å². The van der Waals surface area contributed by atoms with E-state index >= 15 is 0 Å². The minimum atomic E-state index is 0.584.